The summed E-state index contributed by atoms with van der Waals surface area (Å²) in [6, 6.07) is 4.49. The average molecular weight is 251 g/mol. The molecule has 1 aromatic rings. The molecule has 0 saturated heterocycles. The van der Waals surface area contributed by atoms with Crippen molar-refractivity contribution in [1.82, 2.24) is 4.90 Å². The number of hydrogen-bond acceptors (Lipinski definition) is 3. The zero-order chi connectivity index (χ0) is 13.9. The van der Waals surface area contributed by atoms with Crippen molar-refractivity contribution in [1.29, 1.82) is 0 Å². The fourth-order valence-electron chi connectivity index (χ4n) is 1.93. The van der Waals surface area contributed by atoms with Crippen LogP contribution in [0, 0.1) is 5.92 Å². The molecule has 0 heterocycles. The van der Waals surface area contributed by atoms with Crippen LogP contribution in [0.5, 0.6) is 11.5 Å². The maximum Gasteiger partial charge on any atom is 0.257 e. The Morgan fingerprint density at radius 2 is 1.89 bits per heavy atom. The number of hydrogen-bond donors (Lipinski definition) is 2. The van der Waals surface area contributed by atoms with Crippen LogP contribution in [-0.2, 0) is 0 Å². The third-order valence-corrected chi connectivity index (χ3v) is 3.04. The summed E-state index contributed by atoms with van der Waals surface area (Å²) in [4.78, 5) is 13.8. The molecular weight excluding hydrogens is 230 g/mol. The molecule has 0 saturated carbocycles. The molecule has 1 rings (SSSR count). The molecule has 0 aliphatic rings. The van der Waals surface area contributed by atoms with Gasteiger partial charge in [-0.2, -0.15) is 0 Å². The number of benzene rings is 1. The lowest BCUT2D eigenvalue weighted by Gasteiger charge is -2.26. The average Bonchev–Trinajstić information content (AvgIpc) is 2.30. The van der Waals surface area contributed by atoms with Crippen LogP contribution in [0.3, 0.4) is 0 Å². The molecule has 0 aromatic heterocycles. The summed E-state index contributed by atoms with van der Waals surface area (Å²) in [5.41, 5.74) is 0.133. The van der Waals surface area contributed by atoms with Crippen LogP contribution in [0.25, 0.3) is 0 Å². The number of amides is 1. The van der Waals surface area contributed by atoms with Crippen LogP contribution in [0.2, 0.25) is 0 Å². The van der Waals surface area contributed by atoms with Gasteiger partial charge in [-0.05, 0) is 31.4 Å². The molecule has 0 spiro atoms. The van der Waals surface area contributed by atoms with Crippen molar-refractivity contribution in [2.24, 2.45) is 5.92 Å². The lowest BCUT2D eigenvalue weighted by atomic mass is 10.0. The van der Waals surface area contributed by atoms with Crippen molar-refractivity contribution >= 4 is 5.91 Å². The summed E-state index contributed by atoms with van der Waals surface area (Å²) in [5, 5.41) is 19.1. The maximum atomic E-state index is 12.2. The molecule has 1 unspecified atom stereocenters. The van der Waals surface area contributed by atoms with E-state index >= 15 is 0 Å². The Bertz CT molecular complexity index is 429. The Kier molecular flexibility index (Phi) is 4.59. The van der Waals surface area contributed by atoms with Gasteiger partial charge in [0.2, 0.25) is 0 Å². The van der Waals surface area contributed by atoms with Gasteiger partial charge in [-0.1, -0.05) is 19.9 Å². The van der Waals surface area contributed by atoms with Crippen LogP contribution in [0.15, 0.2) is 18.2 Å². The second-order valence-electron chi connectivity index (χ2n) is 5.07. The number of para-hydroxylation sites is 1. The highest BCUT2D eigenvalue weighted by molar-refractivity contribution is 5.97. The van der Waals surface area contributed by atoms with E-state index in [4.69, 9.17) is 0 Å². The summed E-state index contributed by atoms with van der Waals surface area (Å²) in [7, 11) is 1.71. The third kappa shape index (κ3) is 3.15. The highest BCUT2D eigenvalue weighted by atomic mass is 16.3. The van der Waals surface area contributed by atoms with Crippen LogP contribution in [0.1, 0.15) is 37.6 Å². The molecule has 0 fully saturated rings. The highest BCUT2D eigenvalue weighted by Crippen LogP contribution is 2.29. The first-order chi connectivity index (χ1) is 8.34. The van der Waals surface area contributed by atoms with Crippen LogP contribution in [-0.4, -0.2) is 34.1 Å². The summed E-state index contributed by atoms with van der Waals surface area (Å²) in [6.07, 6.45) is 0.891. The predicted octanol–water partition coefficient (Wildman–Crippen LogP) is 2.60. The molecule has 100 valence electrons. The van der Waals surface area contributed by atoms with Crippen LogP contribution >= 0.6 is 0 Å². The van der Waals surface area contributed by atoms with Crippen molar-refractivity contribution in [3.63, 3.8) is 0 Å². The summed E-state index contributed by atoms with van der Waals surface area (Å²) in [6.45, 7) is 6.17. The number of phenols is 2. The number of aromatic hydroxyl groups is 2. The number of rotatable bonds is 4. The van der Waals surface area contributed by atoms with Crippen LogP contribution < -0.4 is 0 Å². The summed E-state index contributed by atoms with van der Waals surface area (Å²) in [5.74, 6) is -0.415. The van der Waals surface area contributed by atoms with Gasteiger partial charge in [0.15, 0.2) is 11.5 Å². The van der Waals surface area contributed by atoms with E-state index in [1.165, 1.54) is 12.1 Å². The first-order valence-corrected chi connectivity index (χ1v) is 6.12. The topological polar surface area (TPSA) is 60.8 Å². The SMILES string of the molecule is CC(C)CC(C)N(C)C(=O)c1cccc(O)c1O. The molecule has 18 heavy (non-hydrogen) atoms. The quantitative estimate of drug-likeness (QED) is 0.809. The monoisotopic (exact) mass is 251 g/mol. The molecule has 0 aliphatic carbocycles. The van der Waals surface area contributed by atoms with Gasteiger partial charge in [-0.15, -0.1) is 0 Å². The van der Waals surface area contributed by atoms with E-state index in [2.05, 4.69) is 13.8 Å². The van der Waals surface area contributed by atoms with Crippen molar-refractivity contribution in [2.45, 2.75) is 33.2 Å². The first kappa shape index (κ1) is 14.4. The lowest BCUT2D eigenvalue weighted by molar-refractivity contribution is 0.0724. The molecule has 0 bridgehead atoms. The van der Waals surface area contributed by atoms with E-state index in [9.17, 15) is 15.0 Å². The number of carbonyl (C=O) groups is 1. The summed E-state index contributed by atoms with van der Waals surface area (Å²) < 4.78 is 0. The Balaban J connectivity index is 2.90. The summed E-state index contributed by atoms with van der Waals surface area (Å²) >= 11 is 0. The minimum absolute atomic E-state index is 0.0826. The zero-order valence-corrected chi connectivity index (χ0v) is 11.3. The molecule has 1 atom stereocenters. The van der Waals surface area contributed by atoms with Gasteiger partial charge < -0.3 is 15.1 Å². The van der Waals surface area contributed by atoms with Gasteiger partial charge in [0, 0.05) is 13.1 Å². The molecule has 4 heteroatoms. The van der Waals surface area contributed by atoms with Gasteiger partial charge in [0.1, 0.15) is 0 Å². The molecule has 2 N–H and O–H groups in total. The van der Waals surface area contributed by atoms with Crippen LogP contribution in [0.4, 0.5) is 0 Å². The fourth-order valence-corrected chi connectivity index (χ4v) is 1.93. The number of carbonyl (C=O) groups excluding carboxylic acids is 1. The molecule has 0 radical (unpaired) electrons. The molecule has 4 nitrogen and oxygen atoms in total. The standard InChI is InChI=1S/C14H21NO3/c1-9(2)8-10(3)15(4)14(18)11-6-5-7-12(16)13(11)17/h5-7,9-10,16-17H,8H2,1-4H3. The van der Waals surface area contributed by atoms with E-state index in [0.717, 1.165) is 6.42 Å². The molecule has 0 aliphatic heterocycles. The second kappa shape index (κ2) is 5.76. The van der Waals surface area contributed by atoms with Gasteiger partial charge in [-0.3, -0.25) is 4.79 Å². The highest BCUT2D eigenvalue weighted by Gasteiger charge is 2.21. The third-order valence-electron chi connectivity index (χ3n) is 3.04. The van der Waals surface area contributed by atoms with Gasteiger partial charge in [0.25, 0.3) is 5.91 Å². The van der Waals surface area contributed by atoms with Gasteiger partial charge in [0.05, 0.1) is 5.56 Å². The Labute approximate surface area is 108 Å². The molecule has 1 amide bonds. The predicted molar refractivity (Wildman–Crippen MR) is 70.8 cm³/mol. The number of phenolic OH excluding ortho intramolecular Hbond substituents is 2. The van der Waals surface area contributed by atoms with Crippen molar-refractivity contribution in [3.05, 3.63) is 23.8 Å². The van der Waals surface area contributed by atoms with E-state index in [1.54, 1.807) is 18.0 Å². The van der Waals surface area contributed by atoms with E-state index in [1.807, 2.05) is 6.92 Å². The minimum atomic E-state index is -0.355. The Hall–Kier alpha value is -1.71. The zero-order valence-electron chi connectivity index (χ0n) is 11.3. The van der Waals surface area contributed by atoms with Gasteiger partial charge >= 0.3 is 0 Å². The van der Waals surface area contributed by atoms with Gasteiger partial charge in [-0.25, -0.2) is 0 Å². The number of nitrogens with zero attached hydrogens (tertiary/aromatic N) is 1. The normalized spacial score (nSPS) is 12.5. The lowest BCUT2D eigenvalue weighted by Crippen LogP contribution is -2.35. The second-order valence-corrected chi connectivity index (χ2v) is 5.07. The van der Waals surface area contributed by atoms with Crippen molar-refractivity contribution in [2.75, 3.05) is 7.05 Å². The molecular formula is C14H21NO3. The van der Waals surface area contributed by atoms with E-state index in [0.29, 0.717) is 5.92 Å². The Morgan fingerprint density at radius 1 is 1.28 bits per heavy atom. The fraction of sp³-hybridized carbons (Fsp3) is 0.500. The Morgan fingerprint density at radius 3 is 2.44 bits per heavy atom. The molecule has 1 aromatic carbocycles. The van der Waals surface area contributed by atoms with Crippen molar-refractivity contribution in [3.8, 4) is 11.5 Å². The first-order valence-electron chi connectivity index (χ1n) is 6.12. The largest absolute Gasteiger partial charge is 0.504 e. The van der Waals surface area contributed by atoms with Crippen molar-refractivity contribution < 1.29 is 15.0 Å². The maximum absolute atomic E-state index is 12.2. The minimum Gasteiger partial charge on any atom is -0.504 e. The van der Waals surface area contributed by atoms with E-state index < -0.39 is 0 Å². The van der Waals surface area contributed by atoms with E-state index in [-0.39, 0.29) is 29.0 Å². The smallest absolute Gasteiger partial charge is 0.257 e.